The van der Waals surface area contributed by atoms with Gasteiger partial charge in [-0.05, 0) is 17.7 Å². The van der Waals surface area contributed by atoms with Gasteiger partial charge >= 0.3 is 0 Å². The molecule has 3 rings (SSSR count). The molecule has 0 aromatic heterocycles. The van der Waals surface area contributed by atoms with E-state index in [1.807, 2.05) is 48.5 Å². The average molecular weight is 255 g/mol. The van der Waals surface area contributed by atoms with Crippen molar-refractivity contribution in [3.8, 4) is 11.5 Å². The van der Waals surface area contributed by atoms with Crippen molar-refractivity contribution in [2.45, 2.75) is 6.54 Å². The zero-order valence-electron chi connectivity index (χ0n) is 10.3. The Bertz CT molecular complexity index is 583. The maximum Gasteiger partial charge on any atom is 0.231 e. The molecule has 0 saturated heterocycles. The summed E-state index contributed by atoms with van der Waals surface area (Å²) in [5, 5.41) is 0. The molecule has 0 saturated carbocycles. The molecule has 0 fully saturated rings. The third-order valence-corrected chi connectivity index (χ3v) is 3.01. The monoisotopic (exact) mass is 255 g/mol. The third-order valence-electron chi connectivity index (χ3n) is 3.01. The van der Waals surface area contributed by atoms with Crippen molar-refractivity contribution in [3.63, 3.8) is 0 Å². The van der Waals surface area contributed by atoms with Crippen molar-refractivity contribution in [2.75, 3.05) is 11.7 Å². The topological polar surface area (TPSA) is 38.8 Å². The van der Waals surface area contributed by atoms with Gasteiger partial charge in [0.25, 0.3) is 0 Å². The molecule has 0 unspecified atom stereocenters. The van der Waals surface area contributed by atoms with Crippen LogP contribution < -0.4 is 14.4 Å². The number of hydrogen-bond donors (Lipinski definition) is 0. The molecule has 1 aliphatic heterocycles. The maximum absolute atomic E-state index is 11.3. The molecule has 1 aliphatic rings. The van der Waals surface area contributed by atoms with Gasteiger partial charge in [0.05, 0.1) is 6.54 Å². The molecular weight excluding hydrogens is 242 g/mol. The summed E-state index contributed by atoms with van der Waals surface area (Å²) in [5.41, 5.74) is 1.87. The Hall–Kier alpha value is -2.49. The Kier molecular flexibility index (Phi) is 3.06. The van der Waals surface area contributed by atoms with E-state index in [1.54, 1.807) is 4.90 Å². The van der Waals surface area contributed by atoms with E-state index in [1.165, 1.54) is 0 Å². The largest absolute Gasteiger partial charge is 0.454 e. The molecule has 0 radical (unpaired) electrons. The van der Waals surface area contributed by atoms with E-state index >= 15 is 0 Å². The Morgan fingerprint density at radius 2 is 1.84 bits per heavy atom. The number of carbonyl (C=O) groups excluding carboxylic acids is 1. The highest BCUT2D eigenvalue weighted by Gasteiger charge is 2.15. The van der Waals surface area contributed by atoms with Crippen LogP contribution in [-0.2, 0) is 11.3 Å². The number of rotatable bonds is 4. The predicted octanol–water partition coefficient (Wildman–Crippen LogP) is 2.58. The fourth-order valence-corrected chi connectivity index (χ4v) is 2.03. The van der Waals surface area contributed by atoms with Gasteiger partial charge in [-0.2, -0.15) is 0 Å². The molecular formula is C15H13NO3. The minimum atomic E-state index is 0.235. The van der Waals surface area contributed by atoms with Crippen molar-refractivity contribution in [3.05, 3.63) is 54.1 Å². The lowest BCUT2D eigenvalue weighted by atomic mass is 10.2. The molecule has 2 aromatic carbocycles. The van der Waals surface area contributed by atoms with Crippen LogP contribution >= 0.6 is 0 Å². The summed E-state index contributed by atoms with van der Waals surface area (Å²) >= 11 is 0. The molecule has 1 heterocycles. The fraction of sp³-hybridized carbons (Fsp3) is 0.133. The molecule has 19 heavy (non-hydrogen) atoms. The van der Waals surface area contributed by atoms with Gasteiger partial charge in [-0.25, -0.2) is 0 Å². The van der Waals surface area contributed by atoms with Gasteiger partial charge in [-0.15, -0.1) is 0 Å². The first kappa shape index (κ1) is 11.6. The summed E-state index contributed by atoms with van der Waals surface area (Å²) in [5.74, 6) is 1.40. The van der Waals surface area contributed by atoms with Crippen LogP contribution in [0.4, 0.5) is 5.69 Å². The number of benzene rings is 2. The molecule has 4 nitrogen and oxygen atoms in total. The van der Waals surface area contributed by atoms with Gasteiger partial charge in [0.15, 0.2) is 11.5 Å². The predicted molar refractivity (Wildman–Crippen MR) is 71.3 cm³/mol. The standard InChI is InChI=1S/C15H13NO3/c17-10-16(9-12-4-2-1-3-5-12)13-6-7-14-15(8-13)19-11-18-14/h1-8,10H,9,11H2. The van der Waals surface area contributed by atoms with E-state index < -0.39 is 0 Å². The van der Waals surface area contributed by atoms with Gasteiger partial charge in [-0.1, -0.05) is 30.3 Å². The van der Waals surface area contributed by atoms with Gasteiger partial charge in [0.1, 0.15) is 0 Å². The van der Waals surface area contributed by atoms with Crippen LogP contribution in [0.25, 0.3) is 0 Å². The van der Waals surface area contributed by atoms with Crippen LogP contribution in [0, 0.1) is 0 Å². The van der Waals surface area contributed by atoms with Crippen LogP contribution in [0.15, 0.2) is 48.5 Å². The Morgan fingerprint density at radius 1 is 1.05 bits per heavy atom. The van der Waals surface area contributed by atoms with E-state index in [4.69, 9.17) is 9.47 Å². The molecule has 0 N–H and O–H groups in total. The van der Waals surface area contributed by atoms with Crippen LogP contribution in [-0.4, -0.2) is 13.2 Å². The summed E-state index contributed by atoms with van der Waals surface area (Å²) in [7, 11) is 0. The van der Waals surface area contributed by atoms with E-state index in [-0.39, 0.29) is 6.79 Å². The first-order chi connectivity index (χ1) is 9.36. The average Bonchev–Trinajstić information content (AvgIpc) is 2.93. The van der Waals surface area contributed by atoms with E-state index in [0.29, 0.717) is 18.0 Å². The number of amides is 1. The van der Waals surface area contributed by atoms with Gasteiger partial charge in [0.2, 0.25) is 13.2 Å². The number of ether oxygens (including phenoxy) is 2. The van der Waals surface area contributed by atoms with E-state index in [0.717, 1.165) is 17.7 Å². The lowest BCUT2D eigenvalue weighted by molar-refractivity contribution is -0.107. The second-order valence-electron chi connectivity index (χ2n) is 4.26. The van der Waals surface area contributed by atoms with E-state index in [9.17, 15) is 4.79 Å². The summed E-state index contributed by atoms with van der Waals surface area (Å²) in [6.07, 6.45) is 0.824. The minimum absolute atomic E-state index is 0.235. The highest BCUT2D eigenvalue weighted by molar-refractivity contribution is 5.76. The number of carbonyl (C=O) groups is 1. The normalized spacial score (nSPS) is 12.2. The van der Waals surface area contributed by atoms with Crippen LogP contribution in [0.2, 0.25) is 0 Å². The lowest BCUT2D eigenvalue weighted by Crippen LogP contribution is -2.20. The second-order valence-corrected chi connectivity index (χ2v) is 4.26. The number of hydrogen-bond acceptors (Lipinski definition) is 3. The van der Waals surface area contributed by atoms with Crippen molar-refractivity contribution in [1.29, 1.82) is 0 Å². The summed E-state index contributed by atoms with van der Waals surface area (Å²) in [6, 6.07) is 15.3. The van der Waals surface area contributed by atoms with E-state index in [2.05, 4.69) is 0 Å². The molecule has 0 spiro atoms. The van der Waals surface area contributed by atoms with Crippen molar-refractivity contribution in [1.82, 2.24) is 0 Å². The molecule has 4 heteroatoms. The Labute approximate surface area is 111 Å². The zero-order chi connectivity index (χ0) is 13.1. The molecule has 1 amide bonds. The first-order valence-corrected chi connectivity index (χ1v) is 6.02. The number of anilines is 1. The molecule has 2 aromatic rings. The zero-order valence-corrected chi connectivity index (χ0v) is 10.3. The molecule has 0 atom stereocenters. The maximum atomic E-state index is 11.3. The Morgan fingerprint density at radius 3 is 2.63 bits per heavy atom. The number of fused-ring (bicyclic) bond motifs is 1. The van der Waals surface area contributed by atoms with Gasteiger partial charge in [0, 0.05) is 11.8 Å². The smallest absolute Gasteiger partial charge is 0.231 e. The van der Waals surface area contributed by atoms with Crippen LogP contribution in [0.1, 0.15) is 5.56 Å². The van der Waals surface area contributed by atoms with Gasteiger partial charge in [-0.3, -0.25) is 4.79 Å². The highest BCUT2D eigenvalue weighted by Crippen LogP contribution is 2.35. The summed E-state index contributed by atoms with van der Waals surface area (Å²) in [6.45, 7) is 0.766. The minimum Gasteiger partial charge on any atom is -0.454 e. The summed E-state index contributed by atoms with van der Waals surface area (Å²) in [4.78, 5) is 12.9. The van der Waals surface area contributed by atoms with Gasteiger partial charge < -0.3 is 14.4 Å². The number of nitrogens with zero attached hydrogens (tertiary/aromatic N) is 1. The lowest BCUT2D eigenvalue weighted by Gasteiger charge is -2.17. The fourth-order valence-electron chi connectivity index (χ4n) is 2.03. The van der Waals surface area contributed by atoms with Crippen molar-refractivity contribution < 1.29 is 14.3 Å². The summed E-state index contributed by atoms with van der Waals surface area (Å²) < 4.78 is 10.6. The second kappa shape index (κ2) is 5.02. The highest BCUT2D eigenvalue weighted by atomic mass is 16.7. The van der Waals surface area contributed by atoms with Crippen LogP contribution in [0.5, 0.6) is 11.5 Å². The van der Waals surface area contributed by atoms with Crippen molar-refractivity contribution >= 4 is 12.1 Å². The first-order valence-electron chi connectivity index (χ1n) is 6.02. The molecule has 96 valence electrons. The molecule has 0 bridgehead atoms. The quantitative estimate of drug-likeness (QED) is 0.788. The SMILES string of the molecule is O=CN(Cc1ccccc1)c1ccc2c(c1)OCO2. The molecule has 0 aliphatic carbocycles. The Balaban J connectivity index is 1.84. The third kappa shape index (κ3) is 2.38. The van der Waals surface area contributed by atoms with Crippen LogP contribution in [0.3, 0.4) is 0 Å². The van der Waals surface area contributed by atoms with Crippen molar-refractivity contribution in [2.24, 2.45) is 0 Å².